The molecule has 0 radical (unpaired) electrons. The molecule has 3 rings (SSSR count). The molecule has 0 spiro atoms. The van der Waals surface area contributed by atoms with Gasteiger partial charge in [-0.3, -0.25) is 14.2 Å². The maximum atomic E-state index is 11.9. The second kappa shape index (κ2) is 4.53. The summed E-state index contributed by atoms with van der Waals surface area (Å²) in [6, 6.07) is 6.95. The van der Waals surface area contributed by atoms with E-state index in [1.165, 1.54) is 6.92 Å². The van der Waals surface area contributed by atoms with Gasteiger partial charge in [0, 0.05) is 12.3 Å². The number of fused-ring (bicyclic) bond motifs is 1. The van der Waals surface area contributed by atoms with Gasteiger partial charge < -0.3 is 5.11 Å². The van der Waals surface area contributed by atoms with Gasteiger partial charge in [0.15, 0.2) is 4.32 Å². The minimum absolute atomic E-state index is 0.0914. The molecular weight excluding hydrogens is 296 g/mol. The van der Waals surface area contributed by atoms with Crippen molar-refractivity contribution < 1.29 is 14.7 Å². The summed E-state index contributed by atoms with van der Waals surface area (Å²) >= 11 is 5.74. The normalized spacial score (nSPS) is 14.9. The molecule has 0 saturated carbocycles. The van der Waals surface area contributed by atoms with Crippen LogP contribution in [0.15, 0.2) is 29.3 Å². The smallest absolute Gasteiger partial charge is 0.245 e. The maximum absolute atomic E-state index is 11.9. The number of aromatic nitrogens is 1. The average molecular weight is 304 g/mol. The van der Waals surface area contributed by atoms with Crippen LogP contribution >= 0.6 is 24.0 Å². The summed E-state index contributed by atoms with van der Waals surface area (Å²) in [5, 5.41) is 10.6. The molecule has 0 unspecified atom stereocenters. The lowest BCUT2D eigenvalue weighted by Gasteiger charge is -2.01. The number of hydrogen-bond acceptors (Lipinski definition) is 5. The summed E-state index contributed by atoms with van der Waals surface area (Å²) in [5.41, 5.74) is 0.882. The second-order valence-corrected chi connectivity index (χ2v) is 5.79. The molecule has 1 aliphatic rings. The highest BCUT2D eigenvalue weighted by Crippen LogP contribution is 2.35. The molecule has 7 heteroatoms. The van der Waals surface area contributed by atoms with Gasteiger partial charge in [0.25, 0.3) is 0 Å². The number of thiocarbonyl (C=S) groups is 1. The van der Waals surface area contributed by atoms with Crippen LogP contribution in [-0.4, -0.2) is 30.7 Å². The standard InChI is InChI=1S/C13H8N2O3S2/c1-6(16)15-8-5-3-2-4-7(8)9(11(15)17)10-12(18)20-13(19)14-10/h2-5,17H,1H3. The fourth-order valence-electron chi connectivity index (χ4n) is 2.22. The van der Waals surface area contributed by atoms with Crippen molar-refractivity contribution in [2.75, 3.05) is 0 Å². The van der Waals surface area contributed by atoms with Gasteiger partial charge in [0.05, 0.1) is 11.1 Å². The van der Waals surface area contributed by atoms with Gasteiger partial charge in [-0.1, -0.05) is 18.2 Å². The second-order valence-electron chi connectivity index (χ2n) is 4.19. The van der Waals surface area contributed by atoms with Crippen molar-refractivity contribution in [3.63, 3.8) is 0 Å². The molecule has 2 heterocycles. The number of aliphatic imine (C=N–C) groups is 1. The Labute approximate surface area is 123 Å². The molecule has 20 heavy (non-hydrogen) atoms. The van der Waals surface area contributed by atoms with Crippen molar-refractivity contribution in [1.82, 2.24) is 4.57 Å². The number of aromatic hydroxyl groups is 1. The summed E-state index contributed by atoms with van der Waals surface area (Å²) in [7, 11) is 0. The van der Waals surface area contributed by atoms with Crippen molar-refractivity contribution in [2.24, 2.45) is 4.99 Å². The number of carbonyl (C=O) groups is 2. The summed E-state index contributed by atoms with van der Waals surface area (Å²) in [5.74, 6) is -0.623. The van der Waals surface area contributed by atoms with Gasteiger partial charge >= 0.3 is 0 Å². The highest BCUT2D eigenvalue weighted by atomic mass is 32.2. The van der Waals surface area contributed by atoms with Crippen LogP contribution in [0.5, 0.6) is 5.88 Å². The van der Waals surface area contributed by atoms with Crippen LogP contribution in [-0.2, 0) is 4.79 Å². The Morgan fingerprint density at radius 3 is 2.70 bits per heavy atom. The molecule has 1 aromatic carbocycles. The fourth-order valence-corrected chi connectivity index (χ4v) is 3.08. The van der Waals surface area contributed by atoms with E-state index in [1.54, 1.807) is 24.3 Å². The maximum Gasteiger partial charge on any atom is 0.245 e. The van der Waals surface area contributed by atoms with Gasteiger partial charge in [-0.15, -0.1) is 0 Å². The third-order valence-corrected chi connectivity index (χ3v) is 3.96. The van der Waals surface area contributed by atoms with E-state index in [2.05, 4.69) is 4.99 Å². The van der Waals surface area contributed by atoms with E-state index >= 15 is 0 Å². The van der Waals surface area contributed by atoms with Gasteiger partial charge in [0.2, 0.25) is 16.9 Å². The molecule has 2 aromatic rings. The fraction of sp³-hybridized carbons (Fsp3) is 0.0769. The first kappa shape index (κ1) is 13.0. The van der Waals surface area contributed by atoms with E-state index in [1.807, 2.05) is 0 Å². The van der Waals surface area contributed by atoms with Crippen molar-refractivity contribution in [3.8, 4) is 5.88 Å². The predicted octanol–water partition coefficient (Wildman–Crippen LogP) is 2.35. The van der Waals surface area contributed by atoms with Crippen LogP contribution < -0.4 is 0 Å². The Morgan fingerprint density at radius 2 is 2.10 bits per heavy atom. The number of rotatable bonds is 1. The summed E-state index contributed by atoms with van der Waals surface area (Å²) < 4.78 is 1.37. The monoisotopic (exact) mass is 304 g/mol. The molecule has 0 aliphatic carbocycles. The van der Waals surface area contributed by atoms with Gasteiger partial charge in [-0.2, -0.15) is 0 Å². The number of benzene rings is 1. The Hall–Kier alpha value is -1.99. The Kier molecular flexibility index (Phi) is 2.95. The minimum atomic E-state index is -0.341. The number of hydrogen-bond donors (Lipinski definition) is 1. The number of thioether (sulfide) groups is 1. The average Bonchev–Trinajstić information content (AvgIpc) is 2.85. The van der Waals surface area contributed by atoms with Crippen LogP contribution in [0.2, 0.25) is 0 Å². The van der Waals surface area contributed by atoms with Crippen LogP contribution in [0.1, 0.15) is 17.3 Å². The van der Waals surface area contributed by atoms with Crippen LogP contribution in [0, 0.1) is 0 Å². The molecule has 5 nitrogen and oxygen atoms in total. The molecule has 1 N–H and O–H groups in total. The van der Waals surface area contributed by atoms with E-state index < -0.39 is 0 Å². The van der Waals surface area contributed by atoms with Gasteiger partial charge in [0.1, 0.15) is 5.71 Å². The van der Waals surface area contributed by atoms with Crippen molar-refractivity contribution in [1.29, 1.82) is 0 Å². The Bertz CT molecular complexity index is 820. The number of para-hydroxylation sites is 1. The summed E-state index contributed by atoms with van der Waals surface area (Å²) in [6.45, 7) is 1.34. The van der Waals surface area contributed by atoms with Crippen molar-refractivity contribution >= 4 is 55.9 Å². The van der Waals surface area contributed by atoms with Crippen LogP contribution in [0.25, 0.3) is 10.9 Å². The summed E-state index contributed by atoms with van der Waals surface area (Å²) in [4.78, 5) is 27.6. The molecule has 100 valence electrons. The Balaban J connectivity index is 2.40. The minimum Gasteiger partial charge on any atom is -0.494 e. The van der Waals surface area contributed by atoms with E-state index in [9.17, 15) is 14.7 Å². The molecule has 1 aliphatic heterocycles. The lowest BCUT2D eigenvalue weighted by Crippen LogP contribution is -2.08. The topological polar surface area (TPSA) is 71.7 Å². The van der Waals surface area contributed by atoms with Crippen LogP contribution in [0.4, 0.5) is 0 Å². The van der Waals surface area contributed by atoms with E-state index in [0.29, 0.717) is 10.9 Å². The number of nitrogens with zero attached hydrogens (tertiary/aromatic N) is 2. The van der Waals surface area contributed by atoms with Crippen LogP contribution in [0.3, 0.4) is 0 Å². The number of carbonyl (C=O) groups excluding carboxylic acids is 2. The van der Waals surface area contributed by atoms with E-state index in [-0.39, 0.29) is 32.5 Å². The molecule has 1 aromatic heterocycles. The quantitative estimate of drug-likeness (QED) is 0.819. The first-order valence-electron chi connectivity index (χ1n) is 5.69. The molecule has 0 fully saturated rings. The lowest BCUT2D eigenvalue weighted by molar-refractivity contribution is -0.105. The third kappa shape index (κ3) is 1.78. The zero-order chi connectivity index (χ0) is 14.4. The summed E-state index contributed by atoms with van der Waals surface area (Å²) in [6.07, 6.45) is 0. The molecule has 0 amide bonds. The molecule has 0 bridgehead atoms. The van der Waals surface area contributed by atoms with Gasteiger partial charge in [-0.05, 0) is 30.0 Å². The van der Waals surface area contributed by atoms with E-state index in [0.717, 1.165) is 16.3 Å². The highest BCUT2D eigenvalue weighted by Gasteiger charge is 2.31. The Morgan fingerprint density at radius 1 is 1.40 bits per heavy atom. The third-order valence-electron chi connectivity index (χ3n) is 2.98. The van der Waals surface area contributed by atoms with Crippen molar-refractivity contribution in [3.05, 3.63) is 29.8 Å². The molecule has 0 atom stereocenters. The largest absolute Gasteiger partial charge is 0.494 e. The molecular formula is C13H8N2O3S2. The van der Waals surface area contributed by atoms with E-state index in [4.69, 9.17) is 12.2 Å². The molecule has 0 saturated heterocycles. The zero-order valence-corrected chi connectivity index (χ0v) is 11.9. The highest BCUT2D eigenvalue weighted by molar-refractivity contribution is 8.34. The predicted molar refractivity (Wildman–Crippen MR) is 81.6 cm³/mol. The lowest BCUT2D eigenvalue weighted by atomic mass is 10.1. The van der Waals surface area contributed by atoms with Gasteiger partial charge in [-0.25, -0.2) is 4.99 Å². The zero-order valence-electron chi connectivity index (χ0n) is 10.3. The first-order valence-corrected chi connectivity index (χ1v) is 6.91. The SMILES string of the molecule is CC(=O)n1c(O)c(C2=NC(=S)SC2=O)c2ccccc21. The van der Waals surface area contributed by atoms with Crippen molar-refractivity contribution in [2.45, 2.75) is 6.92 Å². The first-order chi connectivity index (χ1) is 9.50.